The molecular weight excluding hydrogens is 206 g/mol. The highest BCUT2D eigenvalue weighted by atomic mass is 16.5. The Balaban J connectivity index is 2.02. The minimum atomic E-state index is 0.367. The molecule has 0 saturated carbocycles. The van der Waals surface area contributed by atoms with E-state index >= 15 is 0 Å². The maximum Gasteiger partial charge on any atom is 0.245 e. The van der Waals surface area contributed by atoms with Gasteiger partial charge in [0.1, 0.15) is 11.8 Å². The monoisotopic (exact) mass is 215 g/mol. The van der Waals surface area contributed by atoms with E-state index in [9.17, 15) is 0 Å². The number of nitriles is 1. The van der Waals surface area contributed by atoms with E-state index in [1.807, 2.05) is 6.07 Å². The van der Waals surface area contributed by atoms with Gasteiger partial charge in [0.15, 0.2) is 5.82 Å². The molecule has 0 aromatic carbocycles. The van der Waals surface area contributed by atoms with Crippen LogP contribution in [0.15, 0.2) is 22.9 Å². The van der Waals surface area contributed by atoms with Crippen molar-refractivity contribution in [3.05, 3.63) is 35.7 Å². The molecule has 0 fully saturated rings. The van der Waals surface area contributed by atoms with Crippen LogP contribution in [0.5, 0.6) is 0 Å². The number of aromatic nitrogens is 3. The zero-order valence-corrected chi connectivity index (χ0v) is 8.64. The molecule has 0 aliphatic rings. The summed E-state index contributed by atoms with van der Waals surface area (Å²) in [6.45, 7) is 2.18. The van der Waals surface area contributed by atoms with E-state index in [1.165, 1.54) is 0 Å². The molecule has 2 aromatic heterocycles. The Morgan fingerprint density at radius 2 is 2.44 bits per heavy atom. The van der Waals surface area contributed by atoms with Crippen molar-refractivity contribution in [2.45, 2.75) is 13.5 Å². The molecular formula is C10H9N5O. The SMILES string of the molecule is Cc1noc(CNc2ccnc(C#N)c2)n1. The van der Waals surface area contributed by atoms with Crippen molar-refractivity contribution in [2.24, 2.45) is 0 Å². The molecule has 0 bridgehead atoms. The number of hydrogen-bond donors (Lipinski definition) is 1. The first-order chi connectivity index (χ1) is 7.78. The zero-order chi connectivity index (χ0) is 11.4. The molecule has 0 aliphatic carbocycles. The second-order valence-electron chi connectivity index (χ2n) is 3.13. The number of pyridine rings is 1. The highest BCUT2D eigenvalue weighted by molar-refractivity contribution is 5.45. The van der Waals surface area contributed by atoms with Crippen LogP contribution >= 0.6 is 0 Å². The lowest BCUT2D eigenvalue weighted by atomic mass is 10.3. The van der Waals surface area contributed by atoms with Crippen molar-refractivity contribution in [2.75, 3.05) is 5.32 Å². The van der Waals surface area contributed by atoms with Gasteiger partial charge in [-0.05, 0) is 19.1 Å². The normalized spacial score (nSPS) is 9.75. The van der Waals surface area contributed by atoms with Gasteiger partial charge in [0.05, 0.1) is 6.54 Å². The van der Waals surface area contributed by atoms with Crippen molar-refractivity contribution in [1.82, 2.24) is 15.1 Å². The molecule has 2 rings (SSSR count). The summed E-state index contributed by atoms with van der Waals surface area (Å²) in [7, 11) is 0. The molecule has 6 nitrogen and oxygen atoms in total. The summed E-state index contributed by atoms with van der Waals surface area (Å²) in [5, 5.41) is 15.4. The van der Waals surface area contributed by atoms with E-state index in [2.05, 4.69) is 20.4 Å². The van der Waals surface area contributed by atoms with Gasteiger partial charge in [-0.25, -0.2) is 4.98 Å². The Morgan fingerprint density at radius 3 is 3.12 bits per heavy atom. The van der Waals surface area contributed by atoms with E-state index < -0.39 is 0 Å². The summed E-state index contributed by atoms with van der Waals surface area (Å²) in [4.78, 5) is 7.91. The molecule has 16 heavy (non-hydrogen) atoms. The minimum Gasteiger partial charge on any atom is -0.376 e. The van der Waals surface area contributed by atoms with Gasteiger partial charge in [0, 0.05) is 11.9 Å². The van der Waals surface area contributed by atoms with Gasteiger partial charge in [0.2, 0.25) is 5.89 Å². The first-order valence-corrected chi connectivity index (χ1v) is 4.67. The number of anilines is 1. The van der Waals surface area contributed by atoms with E-state index in [0.717, 1.165) is 5.69 Å². The Morgan fingerprint density at radius 1 is 1.56 bits per heavy atom. The third-order valence-corrected chi connectivity index (χ3v) is 1.89. The van der Waals surface area contributed by atoms with Crippen LogP contribution in [0, 0.1) is 18.3 Å². The van der Waals surface area contributed by atoms with Crippen LogP contribution in [0.2, 0.25) is 0 Å². The summed E-state index contributed by atoms with van der Waals surface area (Å²) >= 11 is 0. The standard InChI is InChI=1S/C10H9N5O/c1-7-14-10(16-15-7)6-13-8-2-3-12-9(4-8)5-11/h2-4H,6H2,1H3,(H,12,13). The molecule has 80 valence electrons. The van der Waals surface area contributed by atoms with E-state index in [4.69, 9.17) is 9.78 Å². The van der Waals surface area contributed by atoms with Crippen molar-refractivity contribution < 1.29 is 4.52 Å². The largest absolute Gasteiger partial charge is 0.376 e. The van der Waals surface area contributed by atoms with E-state index in [-0.39, 0.29) is 0 Å². The number of nitrogens with one attached hydrogen (secondary N) is 1. The number of rotatable bonds is 3. The first-order valence-electron chi connectivity index (χ1n) is 4.67. The van der Waals surface area contributed by atoms with Crippen LogP contribution in [-0.2, 0) is 6.54 Å². The van der Waals surface area contributed by atoms with Crippen LogP contribution < -0.4 is 5.32 Å². The summed E-state index contributed by atoms with van der Waals surface area (Å²) in [6, 6.07) is 5.39. The van der Waals surface area contributed by atoms with Gasteiger partial charge in [-0.3, -0.25) is 0 Å². The predicted molar refractivity (Wildman–Crippen MR) is 55.3 cm³/mol. The van der Waals surface area contributed by atoms with Gasteiger partial charge in [-0.1, -0.05) is 5.16 Å². The van der Waals surface area contributed by atoms with Crippen LogP contribution in [0.1, 0.15) is 17.4 Å². The average Bonchev–Trinajstić information content (AvgIpc) is 2.73. The molecule has 0 atom stereocenters. The molecule has 0 unspecified atom stereocenters. The fourth-order valence-corrected chi connectivity index (χ4v) is 1.19. The van der Waals surface area contributed by atoms with Crippen LogP contribution in [0.4, 0.5) is 5.69 Å². The van der Waals surface area contributed by atoms with Crippen LogP contribution in [-0.4, -0.2) is 15.1 Å². The van der Waals surface area contributed by atoms with Crippen LogP contribution in [0.25, 0.3) is 0 Å². The minimum absolute atomic E-state index is 0.367. The smallest absolute Gasteiger partial charge is 0.245 e. The first kappa shape index (κ1) is 10.1. The fourth-order valence-electron chi connectivity index (χ4n) is 1.19. The summed E-state index contributed by atoms with van der Waals surface area (Å²) in [6.07, 6.45) is 1.57. The lowest BCUT2D eigenvalue weighted by Gasteiger charge is -2.02. The molecule has 2 aromatic rings. The van der Waals surface area contributed by atoms with Gasteiger partial charge in [-0.15, -0.1) is 0 Å². The molecule has 0 aliphatic heterocycles. The lowest BCUT2D eigenvalue weighted by molar-refractivity contribution is 0.379. The fraction of sp³-hybridized carbons (Fsp3) is 0.200. The van der Waals surface area contributed by atoms with Crippen LogP contribution in [0.3, 0.4) is 0 Å². The summed E-state index contributed by atoms with van der Waals surface area (Å²) in [5.74, 6) is 1.11. The zero-order valence-electron chi connectivity index (χ0n) is 8.64. The topological polar surface area (TPSA) is 87.6 Å². The molecule has 1 N–H and O–H groups in total. The number of nitrogens with zero attached hydrogens (tertiary/aromatic N) is 4. The Bertz CT molecular complexity index is 528. The van der Waals surface area contributed by atoms with Crippen molar-refractivity contribution >= 4 is 5.69 Å². The third-order valence-electron chi connectivity index (χ3n) is 1.89. The van der Waals surface area contributed by atoms with Gasteiger partial charge in [0.25, 0.3) is 0 Å². The van der Waals surface area contributed by atoms with Crippen molar-refractivity contribution in [3.63, 3.8) is 0 Å². The highest BCUT2D eigenvalue weighted by Crippen LogP contribution is 2.08. The van der Waals surface area contributed by atoms with Crippen molar-refractivity contribution in [1.29, 1.82) is 5.26 Å². The van der Waals surface area contributed by atoms with Gasteiger partial charge < -0.3 is 9.84 Å². The van der Waals surface area contributed by atoms with Crippen molar-refractivity contribution in [3.8, 4) is 6.07 Å². The number of aryl methyl sites for hydroxylation is 1. The Hall–Kier alpha value is -2.42. The molecule has 2 heterocycles. The Kier molecular flexibility index (Phi) is 2.78. The molecule has 0 spiro atoms. The Labute approximate surface area is 91.9 Å². The molecule has 6 heteroatoms. The van der Waals surface area contributed by atoms with Gasteiger partial charge >= 0.3 is 0 Å². The quantitative estimate of drug-likeness (QED) is 0.829. The average molecular weight is 215 g/mol. The van der Waals surface area contributed by atoms with E-state index in [1.54, 1.807) is 25.3 Å². The highest BCUT2D eigenvalue weighted by Gasteiger charge is 2.02. The summed E-state index contributed by atoms with van der Waals surface area (Å²) in [5.41, 5.74) is 1.16. The predicted octanol–water partition coefficient (Wildman–Crippen LogP) is 1.26. The summed E-state index contributed by atoms with van der Waals surface area (Å²) < 4.78 is 4.94. The van der Waals surface area contributed by atoms with Gasteiger partial charge in [-0.2, -0.15) is 10.2 Å². The second kappa shape index (κ2) is 4.40. The maximum absolute atomic E-state index is 8.67. The molecule has 0 amide bonds. The van der Waals surface area contributed by atoms with E-state index in [0.29, 0.717) is 24.0 Å². The number of hydrogen-bond acceptors (Lipinski definition) is 6. The second-order valence-corrected chi connectivity index (χ2v) is 3.13. The molecule has 0 saturated heterocycles. The third kappa shape index (κ3) is 2.33. The lowest BCUT2D eigenvalue weighted by Crippen LogP contribution is -2.00. The molecule has 0 radical (unpaired) electrons. The maximum atomic E-state index is 8.67.